The number of hydrogen-bond acceptors (Lipinski definition) is 3. The number of rotatable bonds is 7. The van der Waals surface area contributed by atoms with Crippen molar-refractivity contribution in [1.82, 2.24) is 4.90 Å². The summed E-state index contributed by atoms with van der Waals surface area (Å²) < 4.78 is 5.12. The number of nitrogens with zero attached hydrogens (tertiary/aromatic N) is 1. The van der Waals surface area contributed by atoms with Crippen LogP contribution >= 0.6 is 0 Å². The van der Waals surface area contributed by atoms with Crippen molar-refractivity contribution in [3.8, 4) is 5.75 Å². The van der Waals surface area contributed by atoms with Crippen molar-refractivity contribution in [2.45, 2.75) is 19.1 Å². The van der Waals surface area contributed by atoms with E-state index in [-0.39, 0.29) is 0 Å². The Morgan fingerprint density at radius 2 is 1.71 bits per heavy atom. The molecule has 3 heteroatoms. The maximum Gasteiger partial charge on any atom is 0.118 e. The van der Waals surface area contributed by atoms with E-state index in [0.29, 0.717) is 0 Å². The third-order valence-corrected chi connectivity index (χ3v) is 3.58. The number of methoxy groups -OCH3 is 1. The van der Waals surface area contributed by atoms with Gasteiger partial charge in [0, 0.05) is 13.1 Å². The minimum absolute atomic E-state index is 0.436. The molecule has 0 heterocycles. The highest BCUT2D eigenvalue weighted by molar-refractivity contribution is 5.28. The van der Waals surface area contributed by atoms with Gasteiger partial charge in [-0.05, 0) is 36.7 Å². The lowest BCUT2D eigenvalue weighted by Gasteiger charge is -2.19. The summed E-state index contributed by atoms with van der Waals surface area (Å²) in [4.78, 5) is 2.22. The van der Waals surface area contributed by atoms with E-state index in [1.165, 1.54) is 5.56 Å². The number of aliphatic hydroxyl groups excluding tert-OH is 1. The Bertz CT molecular complexity index is 525. The SMILES string of the molecule is COc1ccc([C@H](O)CCN(C)Cc2ccccc2)cc1. The molecule has 0 amide bonds. The predicted molar refractivity (Wildman–Crippen MR) is 85.3 cm³/mol. The normalized spacial score (nSPS) is 12.4. The molecule has 1 N–H and O–H groups in total. The molecule has 1 atom stereocenters. The minimum atomic E-state index is -0.436. The fourth-order valence-corrected chi connectivity index (χ4v) is 2.31. The molecule has 0 aliphatic rings. The summed E-state index contributed by atoms with van der Waals surface area (Å²) in [5, 5.41) is 10.2. The Kier molecular flexibility index (Phi) is 5.78. The zero-order valence-electron chi connectivity index (χ0n) is 12.7. The summed E-state index contributed by atoms with van der Waals surface area (Å²) >= 11 is 0. The molecule has 0 saturated carbocycles. The molecule has 0 saturated heterocycles. The van der Waals surface area contributed by atoms with Crippen molar-refractivity contribution < 1.29 is 9.84 Å². The average molecular weight is 285 g/mol. The maximum atomic E-state index is 10.2. The Morgan fingerprint density at radius 3 is 2.33 bits per heavy atom. The molecule has 0 spiro atoms. The Balaban J connectivity index is 1.81. The second-order valence-electron chi connectivity index (χ2n) is 5.30. The summed E-state index contributed by atoms with van der Waals surface area (Å²) in [5.74, 6) is 0.812. The van der Waals surface area contributed by atoms with Gasteiger partial charge in [-0.2, -0.15) is 0 Å². The maximum absolute atomic E-state index is 10.2. The Labute approximate surface area is 126 Å². The smallest absolute Gasteiger partial charge is 0.118 e. The van der Waals surface area contributed by atoms with E-state index in [4.69, 9.17) is 4.74 Å². The van der Waals surface area contributed by atoms with E-state index in [1.807, 2.05) is 30.3 Å². The van der Waals surface area contributed by atoms with Gasteiger partial charge in [-0.1, -0.05) is 42.5 Å². The molecule has 0 radical (unpaired) electrons. The van der Waals surface area contributed by atoms with Crippen molar-refractivity contribution in [2.24, 2.45) is 0 Å². The molecule has 112 valence electrons. The van der Waals surface area contributed by atoms with Crippen molar-refractivity contribution in [1.29, 1.82) is 0 Å². The monoisotopic (exact) mass is 285 g/mol. The zero-order valence-corrected chi connectivity index (χ0v) is 12.7. The quantitative estimate of drug-likeness (QED) is 0.847. The standard InChI is InChI=1S/C18H23NO2/c1-19(14-15-6-4-3-5-7-15)13-12-18(20)16-8-10-17(21-2)11-9-16/h3-11,18,20H,12-14H2,1-2H3/t18-/m1/s1. The van der Waals surface area contributed by atoms with Gasteiger partial charge in [0.15, 0.2) is 0 Å². The van der Waals surface area contributed by atoms with Crippen LogP contribution in [0.15, 0.2) is 54.6 Å². The topological polar surface area (TPSA) is 32.7 Å². The highest BCUT2D eigenvalue weighted by atomic mass is 16.5. The molecule has 0 aliphatic carbocycles. The average Bonchev–Trinajstić information content (AvgIpc) is 2.53. The van der Waals surface area contributed by atoms with Crippen molar-refractivity contribution in [3.05, 3.63) is 65.7 Å². The van der Waals surface area contributed by atoms with Crippen molar-refractivity contribution in [3.63, 3.8) is 0 Å². The van der Waals surface area contributed by atoms with Crippen LogP contribution in [0.3, 0.4) is 0 Å². The largest absolute Gasteiger partial charge is 0.497 e. The highest BCUT2D eigenvalue weighted by Gasteiger charge is 2.09. The van der Waals surface area contributed by atoms with Gasteiger partial charge in [0.1, 0.15) is 5.75 Å². The second kappa shape index (κ2) is 7.81. The number of ether oxygens (including phenoxy) is 1. The Morgan fingerprint density at radius 1 is 1.05 bits per heavy atom. The van der Waals surface area contributed by atoms with E-state index in [2.05, 4.69) is 36.2 Å². The molecule has 21 heavy (non-hydrogen) atoms. The lowest BCUT2D eigenvalue weighted by molar-refractivity contribution is 0.147. The molecule has 2 rings (SSSR count). The van der Waals surface area contributed by atoms with Crippen LogP contribution in [0.25, 0.3) is 0 Å². The number of hydrogen-bond donors (Lipinski definition) is 1. The van der Waals surface area contributed by atoms with Crippen molar-refractivity contribution in [2.75, 3.05) is 20.7 Å². The molecule has 3 nitrogen and oxygen atoms in total. The highest BCUT2D eigenvalue weighted by Crippen LogP contribution is 2.20. The van der Waals surface area contributed by atoms with E-state index in [9.17, 15) is 5.11 Å². The lowest BCUT2D eigenvalue weighted by atomic mass is 10.1. The van der Waals surface area contributed by atoms with E-state index >= 15 is 0 Å². The van der Waals surface area contributed by atoms with Crippen LogP contribution in [0.2, 0.25) is 0 Å². The summed E-state index contributed by atoms with van der Waals surface area (Å²) in [7, 11) is 3.72. The van der Waals surface area contributed by atoms with Gasteiger partial charge >= 0.3 is 0 Å². The van der Waals surface area contributed by atoms with Crippen LogP contribution in [0.5, 0.6) is 5.75 Å². The van der Waals surface area contributed by atoms with E-state index in [0.717, 1.165) is 30.8 Å². The molecule has 0 aliphatic heterocycles. The molecule has 0 fully saturated rings. The number of aliphatic hydroxyl groups is 1. The van der Waals surface area contributed by atoms with Crippen LogP contribution < -0.4 is 4.74 Å². The van der Waals surface area contributed by atoms with Gasteiger partial charge in [-0.3, -0.25) is 0 Å². The summed E-state index contributed by atoms with van der Waals surface area (Å²) in [6, 6.07) is 18.0. The first-order valence-corrected chi connectivity index (χ1v) is 7.23. The first kappa shape index (κ1) is 15.5. The number of benzene rings is 2. The van der Waals surface area contributed by atoms with Gasteiger partial charge in [0.05, 0.1) is 13.2 Å². The molecule has 0 bridgehead atoms. The van der Waals surface area contributed by atoms with Crippen LogP contribution in [-0.2, 0) is 6.54 Å². The van der Waals surface area contributed by atoms with Crippen LogP contribution in [-0.4, -0.2) is 30.7 Å². The Hall–Kier alpha value is -1.84. The summed E-state index contributed by atoms with van der Waals surface area (Å²) in [6.45, 7) is 1.75. The fourth-order valence-electron chi connectivity index (χ4n) is 2.31. The summed E-state index contributed by atoms with van der Waals surface area (Å²) in [5.41, 5.74) is 2.22. The summed E-state index contributed by atoms with van der Waals surface area (Å²) in [6.07, 6.45) is 0.282. The van der Waals surface area contributed by atoms with Gasteiger partial charge in [-0.15, -0.1) is 0 Å². The first-order chi connectivity index (χ1) is 10.2. The van der Waals surface area contributed by atoms with Crippen molar-refractivity contribution >= 4 is 0 Å². The second-order valence-corrected chi connectivity index (χ2v) is 5.30. The third-order valence-electron chi connectivity index (χ3n) is 3.58. The van der Waals surface area contributed by atoms with E-state index < -0.39 is 6.10 Å². The van der Waals surface area contributed by atoms with Crippen LogP contribution in [0.4, 0.5) is 0 Å². The molecular formula is C18H23NO2. The molecule has 2 aromatic carbocycles. The molecular weight excluding hydrogens is 262 g/mol. The van der Waals surface area contributed by atoms with Gasteiger partial charge in [0.25, 0.3) is 0 Å². The minimum Gasteiger partial charge on any atom is -0.497 e. The fraction of sp³-hybridized carbons (Fsp3) is 0.333. The molecule has 2 aromatic rings. The van der Waals surface area contributed by atoms with Gasteiger partial charge in [-0.25, -0.2) is 0 Å². The van der Waals surface area contributed by atoms with Crippen LogP contribution in [0, 0.1) is 0 Å². The lowest BCUT2D eigenvalue weighted by Crippen LogP contribution is -2.20. The third kappa shape index (κ3) is 4.88. The first-order valence-electron chi connectivity index (χ1n) is 7.23. The van der Waals surface area contributed by atoms with Crippen LogP contribution in [0.1, 0.15) is 23.7 Å². The molecule has 0 aromatic heterocycles. The van der Waals surface area contributed by atoms with E-state index in [1.54, 1.807) is 7.11 Å². The molecule has 0 unspecified atom stereocenters. The predicted octanol–water partition coefficient (Wildman–Crippen LogP) is 3.25. The zero-order chi connectivity index (χ0) is 15.1. The van der Waals surface area contributed by atoms with Gasteiger partial charge < -0.3 is 14.7 Å². The van der Waals surface area contributed by atoms with Gasteiger partial charge in [0.2, 0.25) is 0 Å².